The molecule has 0 saturated heterocycles. The molecule has 2 aromatic rings. The summed E-state index contributed by atoms with van der Waals surface area (Å²) in [5, 5.41) is 2.25. The summed E-state index contributed by atoms with van der Waals surface area (Å²) in [6.45, 7) is 5.12. The van der Waals surface area contributed by atoms with Crippen molar-refractivity contribution >= 4 is 15.7 Å². The lowest BCUT2D eigenvalue weighted by Gasteiger charge is -2.17. The van der Waals surface area contributed by atoms with Crippen LogP contribution in [0.15, 0.2) is 59.5 Å². The SMILES string of the molecule is CC(C)S(=O)(=O)c1ccccc1C(=O)NCCN(C)Cc1ccccc1. The summed E-state index contributed by atoms with van der Waals surface area (Å²) in [5.74, 6) is -0.363. The normalized spacial score (nSPS) is 11.7. The van der Waals surface area contributed by atoms with E-state index >= 15 is 0 Å². The minimum Gasteiger partial charge on any atom is -0.351 e. The van der Waals surface area contributed by atoms with Gasteiger partial charge in [0.2, 0.25) is 0 Å². The quantitative estimate of drug-likeness (QED) is 0.772. The molecular formula is C20H26N2O3S. The molecule has 140 valence electrons. The Morgan fingerprint density at radius 1 is 1.04 bits per heavy atom. The highest BCUT2D eigenvalue weighted by atomic mass is 32.2. The topological polar surface area (TPSA) is 66.5 Å². The molecule has 0 aliphatic heterocycles. The van der Waals surface area contributed by atoms with Crippen LogP contribution < -0.4 is 5.32 Å². The fraction of sp³-hybridized carbons (Fsp3) is 0.350. The van der Waals surface area contributed by atoms with Crippen LogP contribution in [0.5, 0.6) is 0 Å². The van der Waals surface area contributed by atoms with Gasteiger partial charge in [0.15, 0.2) is 9.84 Å². The van der Waals surface area contributed by atoms with Gasteiger partial charge in [0.1, 0.15) is 0 Å². The van der Waals surface area contributed by atoms with E-state index in [1.807, 2.05) is 25.2 Å². The van der Waals surface area contributed by atoms with Crippen LogP contribution in [0.1, 0.15) is 29.8 Å². The second-order valence-electron chi connectivity index (χ2n) is 6.57. The first-order chi connectivity index (χ1) is 12.3. The number of sulfone groups is 1. The molecule has 2 rings (SSSR count). The molecule has 2 aromatic carbocycles. The molecule has 6 heteroatoms. The monoisotopic (exact) mass is 374 g/mol. The van der Waals surface area contributed by atoms with Gasteiger partial charge in [0, 0.05) is 19.6 Å². The summed E-state index contributed by atoms with van der Waals surface area (Å²) in [6.07, 6.45) is 0. The molecule has 0 heterocycles. The van der Waals surface area contributed by atoms with Crippen LogP contribution in [0, 0.1) is 0 Å². The minimum atomic E-state index is -3.51. The fourth-order valence-electron chi connectivity index (χ4n) is 2.59. The largest absolute Gasteiger partial charge is 0.351 e. The van der Waals surface area contributed by atoms with E-state index in [0.717, 1.165) is 6.54 Å². The molecule has 0 spiro atoms. The van der Waals surface area contributed by atoms with Crippen molar-refractivity contribution in [3.8, 4) is 0 Å². The fourth-order valence-corrected chi connectivity index (χ4v) is 3.83. The molecule has 0 aromatic heterocycles. The molecule has 1 N–H and O–H groups in total. The average Bonchev–Trinajstić information content (AvgIpc) is 2.62. The Morgan fingerprint density at radius 2 is 1.65 bits per heavy atom. The van der Waals surface area contributed by atoms with E-state index in [-0.39, 0.29) is 16.4 Å². The predicted octanol–water partition coefficient (Wildman–Crippen LogP) is 2.73. The highest BCUT2D eigenvalue weighted by Crippen LogP contribution is 2.20. The lowest BCUT2D eigenvalue weighted by Crippen LogP contribution is -2.33. The first kappa shape index (κ1) is 20.1. The third-order valence-corrected chi connectivity index (χ3v) is 6.34. The molecule has 0 radical (unpaired) electrons. The third-order valence-electron chi connectivity index (χ3n) is 4.13. The number of hydrogen-bond acceptors (Lipinski definition) is 4. The van der Waals surface area contributed by atoms with Crippen LogP contribution in [-0.4, -0.2) is 44.6 Å². The first-order valence-corrected chi connectivity index (χ1v) is 10.2. The summed E-state index contributed by atoms with van der Waals surface area (Å²) in [5.41, 5.74) is 1.40. The summed E-state index contributed by atoms with van der Waals surface area (Å²) in [7, 11) is -1.52. The number of amides is 1. The second-order valence-corrected chi connectivity index (χ2v) is 9.04. The maximum Gasteiger partial charge on any atom is 0.252 e. The maximum atomic E-state index is 12.5. The molecule has 0 aliphatic rings. The molecule has 0 atom stereocenters. The lowest BCUT2D eigenvalue weighted by molar-refractivity contribution is 0.0946. The minimum absolute atomic E-state index is 0.0881. The molecule has 0 unspecified atom stereocenters. The van der Waals surface area contributed by atoms with Gasteiger partial charge in [0.25, 0.3) is 5.91 Å². The van der Waals surface area contributed by atoms with Crippen LogP contribution in [0.4, 0.5) is 0 Å². The van der Waals surface area contributed by atoms with Crippen molar-refractivity contribution < 1.29 is 13.2 Å². The maximum absolute atomic E-state index is 12.5. The van der Waals surface area contributed by atoms with Crippen LogP contribution in [-0.2, 0) is 16.4 Å². The summed E-state index contributed by atoms with van der Waals surface area (Å²) in [6, 6.07) is 16.4. The summed E-state index contributed by atoms with van der Waals surface area (Å²) in [4.78, 5) is 14.7. The van der Waals surface area contributed by atoms with Gasteiger partial charge in [-0.3, -0.25) is 4.79 Å². The Morgan fingerprint density at radius 3 is 2.31 bits per heavy atom. The Balaban J connectivity index is 1.97. The molecule has 0 fully saturated rings. The van der Waals surface area contributed by atoms with Gasteiger partial charge in [-0.05, 0) is 38.6 Å². The van der Waals surface area contributed by atoms with Crippen molar-refractivity contribution in [1.82, 2.24) is 10.2 Å². The molecule has 26 heavy (non-hydrogen) atoms. The average molecular weight is 375 g/mol. The number of benzene rings is 2. The van der Waals surface area contributed by atoms with E-state index in [1.165, 1.54) is 11.6 Å². The number of carbonyl (C=O) groups is 1. The van der Waals surface area contributed by atoms with E-state index in [4.69, 9.17) is 0 Å². The zero-order chi connectivity index (χ0) is 19.2. The van der Waals surface area contributed by atoms with Gasteiger partial charge < -0.3 is 10.2 Å². The van der Waals surface area contributed by atoms with Gasteiger partial charge in [-0.25, -0.2) is 8.42 Å². The van der Waals surface area contributed by atoms with Crippen LogP contribution >= 0.6 is 0 Å². The zero-order valence-corrected chi connectivity index (χ0v) is 16.3. The number of rotatable bonds is 8. The molecule has 0 bridgehead atoms. The van der Waals surface area contributed by atoms with Gasteiger partial charge >= 0.3 is 0 Å². The van der Waals surface area contributed by atoms with E-state index in [1.54, 1.807) is 32.0 Å². The van der Waals surface area contributed by atoms with Crippen molar-refractivity contribution in [2.45, 2.75) is 30.5 Å². The van der Waals surface area contributed by atoms with Crippen molar-refractivity contribution in [1.29, 1.82) is 0 Å². The Bertz CT molecular complexity index is 833. The second kappa shape index (κ2) is 8.96. The first-order valence-electron chi connectivity index (χ1n) is 8.66. The number of likely N-dealkylation sites (N-methyl/N-ethyl adjacent to an activating group) is 1. The van der Waals surface area contributed by atoms with E-state index in [2.05, 4.69) is 22.3 Å². The number of carbonyl (C=O) groups excluding carboxylic acids is 1. The van der Waals surface area contributed by atoms with Gasteiger partial charge in [0.05, 0.1) is 15.7 Å². The molecule has 0 aliphatic carbocycles. The van der Waals surface area contributed by atoms with E-state index < -0.39 is 15.1 Å². The number of nitrogens with one attached hydrogen (secondary N) is 1. The van der Waals surface area contributed by atoms with E-state index in [9.17, 15) is 13.2 Å². The predicted molar refractivity (Wildman–Crippen MR) is 104 cm³/mol. The van der Waals surface area contributed by atoms with Crippen molar-refractivity contribution in [3.63, 3.8) is 0 Å². The van der Waals surface area contributed by atoms with Crippen molar-refractivity contribution in [2.24, 2.45) is 0 Å². The smallest absolute Gasteiger partial charge is 0.252 e. The van der Waals surface area contributed by atoms with Gasteiger partial charge in [-0.1, -0.05) is 42.5 Å². The highest BCUT2D eigenvalue weighted by Gasteiger charge is 2.24. The standard InChI is InChI=1S/C20H26N2O3S/c1-16(2)26(24,25)19-12-8-7-11-18(19)20(23)21-13-14-22(3)15-17-9-5-4-6-10-17/h4-12,16H,13-15H2,1-3H3,(H,21,23). The highest BCUT2D eigenvalue weighted by molar-refractivity contribution is 7.92. The molecule has 1 amide bonds. The van der Waals surface area contributed by atoms with Gasteiger partial charge in [-0.2, -0.15) is 0 Å². The van der Waals surface area contributed by atoms with Crippen LogP contribution in [0.25, 0.3) is 0 Å². The Labute approximate surface area is 156 Å². The Kier molecular flexibility index (Phi) is 6.94. The van der Waals surface area contributed by atoms with Crippen molar-refractivity contribution in [2.75, 3.05) is 20.1 Å². The Hall–Kier alpha value is -2.18. The van der Waals surface area contributed by atoms with Crippen molar-refractivity contribution in [3.05, 3.63) is 65.7 Å². The summed E-state index contributed by atoms with van der Waals surface area (Å²) < 4.78 is 24.9. The van der Waals surface area contributed by atoms with Crippen LogP contribution in [0.3, 0.4) is 0 Å². The summed E-state index contributed by atoms with van der Waals surface area (Å²) >= 11 is 0. The lowest BCUT2D eigenvalue weighted by atomic mass is 10.2. The molecular weight excluding hydrogens is 348 g/mol. The van der Waals surface area contributed by atoms with Gasteiger partial charge in [-0.15, -0.1) is 0 Å². The van der Waals surface area contributed by atoms with Crippen LogP contribution in [0.2, 0.25) is 0 Å². The number of nitrogens with zero attached hydrogens (tertiary/aromatic N) is 1. The zero-order valence-electron chi connectivity index (χ0n) is 15.5. The number of hydrogen-bond donors (Lipinski definition) is 1. The molecule has 5 nitrogen and oxygen atoms in total. The third kappa shape index (κ3) is 5.16. The van der Waals surface area contributed by atoms with E-state index in [0.29, 0.717) is 13.1 Å². The molecule has 0 saturated carbocycles.